The molecule has 1 aliphatic rings. The van der Waals surface area contributed by atoms with Crippen LogP contribution in [0.3, 0.4) is 0 Å². The Morgan fingerprint density at radius 2 is 1.61 bits per heavy atom. The summed E-state index contributed by atoms with van der Waals surface area (Å²) in [4.78, 5) is 25.9. The zero-order chi connectivity index (χ0) is 17.4. The van der Waals surface area contributed by atoms with Gasteiger partial charge in [-0.05, 0) is 26.7 Å². The number of carbonyl (C=O) groups excluding carboxylic acids is 2. The standard InChI is InChI=1S/C16H19F3N2O2/c1-16(2,20)15(23)21-5-3-9(4-6-21)14(22)13-11(18)7-10(17)8-12(13)19/h7-9H,3-6,20H2,1-2H3. The van der Waals surface area contributed by atoms with Crippen molar-refractivity contribution in [3.8, 4) is 0 Å². The zero-order valence-electron chi connectivity index (χ0n) is 13.0. The predicted octanol–water partition coefficient (Wildman–Crippen LogP) is 2.26. The minimum Gasteiger partial charge on any atom is -0.341 e. The summed E-state index contributed by atoms with van der Waals surface area (Å²) in [5.41, 5.74) is 4.04. The van der Waals surface area contributed by atoms with Crippen LogP contribution >= 0.6 is 0 Å². The Morgan fingerprint density at radius 1 is 1.13 bits per heavy atom. The summed E-state index contributed by atoms with van der Waals surface area (Å²) < 4.78 is 40.3. The van der Waals surface area contributed by atoms with Crippen molar-refractivity contribution in [3.05, 3.63) is 35.1 Å². The highest BCUT2D eigenvalue weighted by molar-refractivity contribution is 5.98. The Balaban J connectivity index is 2.09. The zero-order valence-corrected chi connectivity index (χ0v) is 13.0. The molecule has 1 aromatic carbocycles. The SMILES string of the molecule is CC(C)(N)C(=O)N1CCC(C(=O)c2c(F)cc(F)cc2F)CC1. The monoisotopic (exact) mass is 328 g/mol. The molecule has 0 bridgehead atoms. The fraction of sp³-hybridized carbons (Fsp3) is 0.500. The first-order valence-electron chi connectivity index (χ1n) is 7.38. The summed E-state index contributed by atoms with van der Waals surface area (Å²) in [6.07, 6.45) is 0.577. The van der Waals surface area contributed by atoms with Crippen molar-refractivity contribution in [1.82, 2.24) is 4.90 Å². The lowest BCUT2D eigenvalue weighted by Gasteiger charge is -2.35. The quantitative estimate of drug-likeness (QED) is 0.866. The van der Waals surface area contributed by atoms with Crippen molar-refractivity contribution < 1.29 is 22.8 Å². The van der Waals surface area contributed by atoms with E-state index in [-0.39, 0.29) is 18.7 Å². The van der Waals surface area contributed by atoms with Crippen LogP contribution < -0.4 is 5.73 Å². The van der Waals surface area contributed by atoms with Gasteiger partial charge in [-0.1, -0.05) is 0 Å². The number of halogens is 3. The molecule has 1 saturated heterocycles. The number of hydrogen-bond acceptors (Lipinski definition) is 3. The molecule has 0 aromatic heterocycles. The summed E-state index contributed by atoms with van der Waals surface area (Å²) in [6, 6.07) is 0.984. The number of nitrogens with two attached hydrogens (primary N) is 1. The van der Waals surface area contributed by atoms with Crippen LogP contribution in [-0.4, -0.2) is 35.2 Å². The second-order valence-electron chi connectivity index (χ2n) is 6.40. The first kappa shape index (κ1) is 17.5. The largest absolute Gasteiger partial charge is 0.341 e. The molecule has 1 fully saturated rings. The van der Waals surface area contributed by atoms with Crippen molar-refractivity contribution in [2.45, 2.75) is 32.2 Å². The number of amides is 1. The van der Waals surface area contributed by atoms with Crippen molar-refractivity contribution in [2.24, 2.45) is 11.7 Å². The summed E-state index contributed by atoms with van der Waals surface area (Å²) in [5.74, 6) is -5.00. The van der Waals surface area contributed by atoms with Gasteiger partial charge in [0.25, 0.3) is 0 Å². The molecule has 2 rings (SSSR count). The van der Waals surface area contributed by atoms with E-state index in [1.807, 2.05) is 0 Å². The number of carbonyl (C=O) groups is 2. The van der Waals surface area contributed by atoms with Gasteiger partial charge in [0.15, 0.2) is 5.78 Å². The van der Waals surface area contributed by atoms with E-state index in [9.17, 15) is 22.8 Å². The highest BCUT2D eigenvalue weighted by Crippen LogP contribution is 2.26. The lowest BCUT2D eigenvalue weighted by molar-refractivity contribution is -0.137. The van der Waals surface area contributed by atoms with Crippen molar-refractivity contribution >= 4 is 11.7 Å². The molecule has 0 unspecified atom stereocenters. The fourth-order valence-corrected chi connectivity index (χ4v) is 2.73. The van der Waals surface area contributed by atoms with Gasteiger partial charge < -0.3 is 10.6 Å². The maximum Gasteiger partial charge on any atom is 0.242 e. The second-order valence-corrected chi connectivity index (χ2v) is 6.40. The number of Topliss-reactive ketones (excluding diaryl/α,β-unsaturated/α-hetero) is 1. The fourth-order valence-electron chi connectivity index (χ4n) is 2.73. The van der Waals surface area contributed by atoms with Gasteiger partial charge >= 0.3 is 0 Å². The average Bonchev–Trinajstić information content (AvgIpc) is 2.44. The third-order valence-corrected chi connectivity index (χ3v) is 3.96. The second kappa shape index (κ2) is 6.31. The van der Waals surface area contributed by atoms with E-state index < -0.39 is 40.3 Å². The number of likely N-dealkylation sites (tertiary alicyclic amines) is 1. The molecule has 0 aliphatic carbocycles. The average molecular weight is 328 g/mol. The highest BCUT2D eigenvalue weighted by atomic mass is 19.1. The minimum absolute atomic E-state index is 0.234. The van der Waals surface area contributed by atoms with Crippen LogP contribution in [0, 0.1) is 23.4 Å². The lowest BCUT2D eigenvalue weighted by atomic mass is 9.87. The van der Waals surface area contributed by atoms with Crippen molar-refractivity contribution in [1.29, 1.82) is 0 Å². The summed E-state index contributed by atoms with van der Waals surface area (Å²) in [5, 5.41) is 0. The Labute approximate surface area is 132 Å². The van der Waals surface area contributed by atoms with Gasteiger partial charge in [0, 0.05) is 31.1 Å². The van der Waals surface area contributed by atoms with Crippen LogP contribution in [0.1, 0.15) is 37.0 Å². The van der Waals surface area contributed by atoms with E-state index in [2.05, 4.69) is 0 Å². The van der Waals surface area contributed by atoms with E-state index in [0.29, 0.717) is 25.2 Å². The Morgan fingerprint density at radius 3 is 2.04 bits per heavy atom. The van der Waals surface area contributed by atoms with Gasteiger partial charge in [-0.15, -0.1) is 0 Å². The number of rotatable bonds is 3. The summed E-state index contributed by atoms with van der Waals surface area (Å²) in [6.45, 7) is 3.77. The molecular weight excluding hydrogens is 309 g/mol. The summed E-state index contributed by atoms with van der Waals surface area (Å²) >= 11 is 0. The van der Waals surface area contributed by atoms with Gasteiger partial charge in [-0.3, -0.25) is 9.59 Å². The van der Waals surface area contributed by atoms with Crippen LogP contribution in [0.15, 0.2) is 12.1 Å². The first-order chi connectivity index (χ1) is 10.6. The van der Waals surface area contributed by atoms with Crippen LogP contribution in [0.2, 0.25) is 0 Å². The molecule has 1 aromatic rings. The van der Waals surface area contributed by atoms with E-state index in [1.165, 1.54) is 0 Å². The minimum atomic E-state index is -1.20. The maximum atomic E-state index is 13.7. The normalized spacial score (nSPS) is 16.5. The Bertz CT molecular complexity index is 610. The molecule has 1 heterocycles. The summed E-state index contributed by atoms with van der Waals surface area (Å²) in [7, 11) is 0. The molecule has 0 saturated carbocycles. The van der Waals surface area contributed by atoms with Gasteiger partial charge in [0.05, 0.1) is 11.1 Å². The lowest BCUT2D eigenvalue weighted by Crippen LogP contribution is -2.53. The number of piperidine rings is 1. The van der Waals surface area contributed by atoms with Crippen LogP contribution in [0.25, 0.3) is 0 Å². The molecule has 7 heteroatoms. The number of nitrogens with zero attached hydrogens (tertiary/aromatic N) is 1. The smallest absolute Gasteiger partial charge is 0.242 e. The van der Waals surface area contributed by atoms with Crippen LogP contribution in [0.5, 0.6) is 0 Å². The molecule has 0 atom stereocenters. The third kappa shape index (κ3) is 3.72. The molecule has 2 N–H and O–H groups in total. The van der Waals surface area contributed by atoms with E-state index in [0.717, 1.165) is 0 Å². The Kier molecular flexibility index (Phi) is 4.79. The molecule has 4 nitrogen and oxygen atoms in total. The van der Waals surface area contributed by atoms with Gasteiger partial charge in [0.2, 0.25) is 5.91 Å². The van der Waals surface area contributed by atoms with Gasteiger partial charge in [-0.25, -0.2) is 13.2 Å². The molecule has 0 spiro atoms. The molecular formula is C16H19F3N2O2. The van der Waals surface area contributed by atoms with Crippen LogP contribution in [0.4, 0.5) is 13.2 Å². The number of benzene rings is 1. The third-order valence-electron chi connectivity index (χ3n) is 3.96. The van der Waals surface area contributed by atoms with Crippen molar-refractivity contribution in [3.63, 3.8) is 0 Å². The molecule has 0 radical (unpaired) electrons. The van der Waals surface area contributed by atoms with E-state index >= 15 is 0 Å². The van der Waals surface area contributed by atoms with E-state index in [1.54, 1.807) is 18.7 Å². The predicted molar refractivity (Wildman–Crippen MR) is 78.2 cm³/mol. The number of ketones is 1. The molecule has 1 aliphatic heterocycles. The topological polar surface area (TPSA) is 63.4 Å². The first-order valence-corrected chi connectivity index (χ1v) is 7.38. The number of hydrogen-bond donors (Lipinski definition) is 1. The molecule has 126 valence electrons. The maximum absolute atomic E-state index is 13.7. The van der Waals surface area contributed by atoms with Crippen molar-refractivity contribution in [2.75, 3.05) is 13.1 Å². The van der Waals surface area contributed by atoms with E-state index in [4.69, 9.17) is 5.73 Å². The molecule has 1 amide bonds. The highest BCUT2D eigenvalue weighted by Gasteiger charge is 2.34. The van der Waals surface area contributed by atoms with Crippen LogP contribution in [-0.2, 0) is 4.79 Å². The van der Waals surface area contributed by atoms with Gasteiger partial charge in [0.1, 0.15) is 17.5 Å². The Hall–Kier alpha value is -1.89. The molecule has 23 heavy (non-hydrogen) atoms. The van der Waals surface area contributed by atoms with Gasteiger partial charge in [-0.2, -0.15) is 0 Å².